The highest BCUT2D eigenvalue weighted by molar-refractivity contribution is 8.89. The maximum atomic E-state index is 11.6. The summed E-state index contributed by atoms with van der Waals surface area (Å²) in [4.78, 5) is 0. The molecule has 4 N–H and O–H groups in total. The van der Waals surface area contributed by atoms with Gasteiger partial charge in [0, 0.05) is 35.5 Å². The normalized spacial score (nSPS) is 11.8. The lowest BCUT2D eigenvalue weighted by molar-refractivity contribution is 0.585. The Labute approximate surface area is 72.1 Å². The third-order valence-electron chi connectivity index (χ3n) is 1.01. The summed E-state index contributed by atoms with van der Waals surface area (Å²) >= 11 is 1.45. The molecular weight excluding hydrogens is 203 g/mol. The zero-order chi connectivity index (χ0) is 8.32. The summed E-state index contributed by atoms with van der Waals surface area (Å²) in [6, 6.07) is 1.67. The predicted octanol–water partition coefficient (Wildman–Crippen LogP) is 1.05. The summed E-state index contributed by atoms with van der Waals surface area (Å²) in [7, 11) is 0. The molecule has 1 aromatic heterocycles. The highest BCUT2D eigenvalue weighted by atomic mass is 33.1. The van der Waals surface area contributed by atoms with E-state index in [9.17, 15) is 4.57 Å². The highest BCUT2D eigenvalue weighted by Gasteiger charge is 2.23. The number of nitrogens with zero attached hydrogens (tertiary/aromatic N) is 2. The molecule has 62 valence electrons. The van der Waals surface area contributed by atoms with Crippen molar-refractivity contribution in [1.82, 2.24) is 9.55 Å². The molecule has 0 aliphatic rings. The van der Waals surface area contributed by atoms with Gasteiger partial charge in [-0.3, -0.25) is 14.8 Å². The van der Waals surface area contributed by atoms with Crippen LogP contribution in [0.2, 0.25) is 0 Å². The first-order chi connectivity index (χ1) is 5.23. The SMILES string of the molecule is NSP(=O)(SN)n1cccn1. The summed E-state index contributed by atoms with van der Waals surface area (Å²) < 4.78 is 12.9. The zero-order valence-corrected chi connectivity index (χ0v) is 7.98. The monoisotopic (exact) mass is 210 g/mol. The van der Waals surface area contributed by atoms with E-state index in [4.69, 9.17) is 10.3 Å². The van der Waals surface area contributed by atoms with E-state index in [-0.39, 0.29) is 0 Å². The van der Waals surface area contributed by atoms with Gasteiger partial charge in [0.05, 0.1) is 0 Å². The van der Waals surface area contributed by atoms with Crippen LogP contribution >= 0.6 is 28.8 Å². The van der Waals surface area contributed by atoms with Crippen molar-refractivity contribution >= 4 is 28.8 Å². The van der Waals surface area contributed by atoms with Gasteiger partial charge in [-0.15, -0.1) is 0 Å². The van der Waals surface area contributed by atoms with Crippen LogP contribution in [0.3, 0.4) is 0 Å². The molecule has 0 bridgehead atoms. The van der Waals surface area contributed by atoms with Gasteiger partial charge in [0.2, 0.25) is 0 Å². The molecule has 0 saturated carbocycles. The summed E-state index contributed by atoms with van der Waals surface area (Å²) in [6.07, 6.45) is 3.10. The molecule has 5 nitrogen and oxygen atoms in total. The first-order valence-electron chi connectivity index (χ1n) is 2.60. The zero-order valence-electron chi connectivity index (χ0n) is 5.45. The molecule has 0 saturated heterocycles. The van der Waals surface area contributed by atoms with Gasteiger partial charge in [0.15, 0.2) is 0 Å². The Morgan fingerprint density at radius 1 is 1.45 bits per heavy atom. The maximum absolute atomic E-state index is 11.6. The Morgan fingerprint density at radius 2 is 2.09 bits per heavy atom. The third-order valence-corrected chi connectivity index (χ3v) is 6.43. The number of aromatic nitrogens is 2. The standard InChI is InChI=1S/C3H7N4OPS2/c4-10-9(8,11-5)7-3-1-2-6-7/h1-3H,4-5H2. The minimum absolute atomic E-state index is 0.724. The first kappa shape index (κ1) is 9.15. The fourth-order valence-electron chi connectivity index (χ4n) is 0.527. The lowest BCUT2D eigenvalue weighted by Gasteiger charge is -2.09. The van der Waals surface area contributed by atoms with Gasteiger partial charge in [-0.1, -0.05) is 0 Å². The third kappa shape index (κ3) is 1.80. The highest BCUT2D eigenvalue weighted by Crippen LogP contribution is 2.64. The Hall–Kier alpha value is 0.0600. The smallest absolute Gasteiger partial charge is 0.272 e. The summed E-state index contributed by atoms with van der Waals surface area (Å²) in [5.74, 6) is 0. The van der Waals surface area contributed by atoms with Crippen molar-refractivity contribution in [2.45, 2.75) is 0 Å². The molecule has 1 heterocycles. The first-order valence-corrected chi connectivity index (χ1v) is 7.23. The van der Waals surface area contributed by atoms with Crippen LogP contribution in [0.15, 0.2) is 18.5 Å². The number of hydrogen-bond donors (Lipinski definition) is 2. The van der Waals surface area contributed by atoms with Crippen LogP contribution in [-0.4, -0.2) is 9.55 Å². The fourth-order valence-corrected chi connectivity index (χ4v) is 2.95. The van der Waals surface area contributed by atoms with Gasteiger partial charge in [-0.2, -0.15) is 5.10 Å². The quantitative estimate of drug-likeness (QED) is 0.572. The van der Waals surface area contributed by atoms with Crippen molar-refractivity contribution in [3.05, 3.63) is 18.5 Å². The van der Waals surface area contributed by atoms with Crippen molar-refractivity contribution in [3.8, 4) is 0 Å². The average molecular weight is 210 g/mol. The van der Waals surface area contributed by atoms with E-state index in [0.29, 0.717) is 0 Å². The Bertz CT molecular complexity index is 254. The molecule has 0 amide bonds. The summed E-state index contributed by atoms with van der Waals surface area (Å²) in [6.45, 7) is 0. The van der Waals surface area contributed by atoms with Crippen LogP contribution in [0, 0.1) is 0 Å². The van der Waals surface area contributed by atoms with E-state index in [2.05, 4.69) is 5.10 Å². The second-order valence-corrected chi connectivity index (χ2v) is 8.30. The van der Waals surface area contributed by atoms with E-state index >= 15 is 0 Å². The van der Waals surface area contributed by atoms with Gasteiger partial charge in [-0.05, 0) is 6.07 Å². The Morgan fingerprint density at radius 3 is 2.45 bits per heavy atom. The minimum Gasteiger partial charge on any atom is -0.272 e. The molecule has 0 aliphatic carbocycles. The van der Waals surface area contributed by atoms with E-state index in [1.165, 1.54) is 10.6 Å². The maximum Gasteiger partial charge on any atom is 0.327 e. The molecule has 11 heavy (non-hydrogen) atoms. The van der Waals surface area contributed by atoms with Crippen molar-refractivity contribution < 1.29 is 4.57 Å². The second kappa shape index (κ2) is 3.64. The van der Waals surface area contributed by atoms with Gasteiger partial charge in [-0.25, -0.2) is 4.45 Å². The van der Waals surface area contributed by atoms with Crippen LogP contribution in [0.4, 0.5) is 0 Å². The molecule has 0 radical (unpaired) electrons. The lowest BCUT2D eigenvalue weighted by atomic mass is 10.8. The predicted molar refractivity (Wildman–Crippen MR) is 48.8 cm³/mol. The van der Waals surface area contributed by atoms with E-state index in [1.807, 2.05) is 0 Å². The largest absolute Gasteiger partial charge is 0.327 e. The fraction of sp³-hybridized carbons (Fsp3) is 0. The van der Waals surface area contributed by atoms with E-state index in [0.717, 1.165) is 23.1 Å². The average Bonchev–Trinajstić information content (AvgIpc) is 2.55. The van der Waals surface area contributed by atoms with Crippen molar-refractivity contribution in [1.29, 1.82) is 0 Å². The van der Waals surface area contributed by atoms with Crippen LogP contribution in [-0.2, 0) is 4.57 Å². The summed E-state index contributed by atoms with van der Waals surface area (Å²) in [5.41, 5.74) is -2.79. The molecule has 0 unspecified atom stereocenters. The van der Waals surface area contributed by atoms with Gasteiger partial charge < -0.3 is 0 Å². The number of nitrogens with two attached hydrogens (primary N) is 2. The summed E-state index contributed by atoms with van der Waals surface area (Å²) in [5, 5.41) is 14.2. The van der Waals surface area contributed by atoms with E-state index in [1.54, 1.807) is 12.3 Å². The Balaban J connectivity index is 2.97. The van der Waals surface area contributed by atoms with Crippen LogP contribution in [0.5, 0.6) is 0 Å². The number of rotatable bonds is 3. The van der Waals surface area contributed by atoms with Gasteiger partial charge in [0.1, 0.15) is 0 Å². The van der Waals surface area contributed by atoms with Gasteiger partial charge >= 0.3 is 5.70 Å². The van der Waals surface area contributed by atoms with Crippen LogP contribution < -0.4 is 10.3 Å². The van der Waals surface area contributed by atoms with Crippen LogP contribution in [0.1, 0.15) is 0 Å². The topological polar surface area (TPSA) is 86.9 Å². The van der Waals surface area contributed by atoms with Crippen molar-refractivity contribution in [2.75, 3.05) is 0 Å². The molecule has 1 aromatic rings. The molecular formula is C3H7N4OPS2. The molecule has 0 fully saturated rings. The Kier molecular flexibility index (Phi) is 3.03. The van der Waals surface area contributed by atoms with Crippen LogP contribution in [0.25, 0.3) is 0 Å². The van der Waals surface area contributed by atoms with Gasteiger partial charge in [0.25, 0.3) is 0 Å². The molecule has 1 rings (SSSR count). The molecule has 0 atom stereocenters. The number of hydrogen-bond acceptors (Lipinski definition) is 6. The molecule has 0 aromatic carbocycles. The minimum atomic E-state index is -2.79. The van der Waals surface area contributed by atoms with Crippen molar-refractivity contribution in [2.24, 2.45) is 10.3 Å². The molecule has 0 spiro atoms. The lowest BCUT2D eigenvalue weighted by Crippen LogP contribution is -1.96. The second-order valence-electron chi connectivity index (χ2n) is 1.61. The molecule has 0 aliphatic heterocycles. The molecule has 8 heteroatoms. The van der Waals surface area contributed by atoms with E-state index < -0.39 is 5.70 Å². The van der Waals surface area contributed by atoms with Crippen molar-refractivity contribution in [3.63, 3.8) is 0 Å².